The Balaban J connectivity index is 1.47. The fourth-order valence-corrected chi connectivity index (χ4v) is 4.90. The Bertz CT molecular complexity index is 1330. The summed E-state index contributed by atoms with van der Waals surface area (Å²) in [6.07, 6.45) is 3.33. The number of nitrogens with one attached hydrogen (secondary N) is 2. The Morgan fingerprint density at radius 2 is 1.90 bits per heavy atom. The predicted octanol–water partition coefficient (Wildman–Crippen LogP) is 3.99. The van der Waals surface area contributed by atoms with Crippen molar-refractivity contribution in [3.8, 4) is 5.75 Å². The lowest BCUT2D eigenvalue weighted by atomic mass is 10.2. The van der Waals surface area contributed by atoms with Crippen molar-refractivity contribution >= 4 is 38.2 Å². The summed E-state index contributed by atoms with van der Waals surface area (Å²) in [6.45, 7) is 0.246. The first-order valence-corrected chi connectivity index (χ1v) is 11.1. The summed E-state index contributed by atoms with van der Waals surface area (Å²) in [5.74, 6) is 0.208. The number of methoxy groups -OCH3 is 1. The van der Waals surface area contributed by atoms with Crippen molar-refractivity contribution in [1.82, 2.24) is 15.3 Å². The van der Waals surface area contributed by atoms with E-state index in [1.807, 2.05) is 0 Å². The monoisotopic (exact) mass is 455 g/mol. The van der Waals surface area contributed by atoms with Crippen LogP contribution >= 0.6 is 11.6 Å². The summed E-state index contributed by atoms with van der Waals surface area (Å²) in [4.78, 5) is 19.6. The summed E-state index contributed by atoms with van der Waals surface area (Å²) >= 11 is 6.13. The van der Waals surface area contributed by atoms with Crippen LogP contribution in [0.4, 0.5) is 0 Å². The molecule has 1 amide bonds. The van der Waals surface area contributed by atoms with Crippen LogP contribution in [0.15, 0.2) is 76.8 Å². The number of sulfone groups is 1. The number of pyridine rings is 1. The molecule has 0 aliphatic heterocycles. The van der Waals surface area contributed by atoms with Crippen LogP contribution in [0.25, 0.3) is 10.9 Å². The van der Waals surface area contributed by atoms with E-state index < -0.39 is 9.84 Å². The topological polar surface area (TPSA) is 101 Å². The second-order valence-corrected chi connectivity index (χ2v) is 9.10. The lowest BCUT2D eigenvalue weighted by Crippen LogP contribution is -2.23. The fourth-order valence-electron chi connectivity index (χ4n) is 3.11. The summed E-state index contributed by atoms with van der Waals surface area (Å²) in [5.41, 5.74) is 2.01. The molecule has 0 saturated carbocycles. The minimum Gasteiger partial charge on any atom is -0.497 e. The first kappa shape index (κ1) is 20.9. The largest absolute Gasteiger partial charge is 0.497 e. The standard InChI is InChI=1S/C22H18ClN3O4S/c1-30-16-4-7-21(18(23)11-16)31(28,29)17-5-2-14(3-6-17)12-25-22(27)20-10-15-13-24-9-8-19(15)26-20/h2-11,13,26H,12H2,1H3,(H,25,27). The van der Waals surface area contributed by atoms with Crippen molar-refractivity contribution in [3.05, 3.63) is 83.3 Å². The molecule has 9 heteroatoms. The lowest BCUT2D eigenvalue weighted by molar-refractivity contribution is 0.0946. The summed E-state index contributed by atoms with van der Waals surface area (Å²) < 4.78 is 30.9. The third-order valence-corrected chi connectivity index (χ3v) is 7.03. The van der Waals surface area contributed by atoms with Gasteiger partial charge in [-0.05, 0) is 42.0 Å². The highest BCUT2D eigenvalue weighted by atomic mass is 35.5. The molecule has 0 atom stereocenters. The quantitative estimate of drug-likeness (QED) is 0.457. The zero-order valence-electron chi connectivity index (χ0n) is 16.4. The fraction of sp³-hybridized carbons (Fsp3) is 0.0909. The number of rotatable bonds is 6. The maximum atomic E-state index is 12.9. The summed E-state index contributed by atoms with van der Waals surface area (Å²) in [5, 5.41) is 3.75. The van der Waals surface area contributed by atoms with Crippen LogP contribution < -0.4 is 10.1 Å². The van der Waals surface area contributed by atoms with Crippen LogP contribution in [-0.4, -0.2) is 31.4 Å². The van der Waals surface area contributed by atoms with Crippen molar-refractivity contribution in [3.63, 3.8) is 0 Å². The van der Waals surface area contributed by atoms with Gasteiger partial charge in [0.1, 0.15) is 11.4 Å². The third-order valence-electron chi connectivity index (χ3n) is 4.78. The Hall–Kier alpha value is -3.36. The SMILES string of the molecule is COc1ccc(S(=O)(=O)c2ccc(CNC(=O)c3cc4cnccc4[nH]3)cc2)c(Cl)c1. The molecule has 0 bridgehead atoms. The highest BCUT2D eigenvalue weighted by Gasteiger charge is 2.21. The molecule has 31 heavy (non-hydrogen) atoms. The molecule has 4 rings (SSSR count). The van der Waals surface area contributed by atoms with Gasteiger partial charge in [-0.2, -0.15) is 0 Å². The Morgan fingerprint density at radius 1 is 1.13 bits per heavy atom. The number of amides is 1. The zero-order chi connectivity index (χ0) is 22.0. The van der Waals surface area contributed by atoms with E-state index in [1.165, 1.54) is 31.4 Å². The summed E-state index contributed by atoms with van der Waals surface area (Å²) in [7, 11) is -2.31. The van der Waals surface area contributed by atoms with E-state index in [0.29, 0.717) is 11.4 Å². The number of carbonyl (C=O) groups excluding carboxylic acids is 1. The van der Waals surface area contributed by atoms with Crippen LogP contribution in [0.5, 0.6) is 5.75 Å². The van der Waals surface area contributed by atoms with Gasteiger partial charge in [-0.15, -0.1) is 0 Å². The number of H-pyrrole nitrogens is 1. The Morgan fingerprint density at radius 3 is 2.58 bits per heavy atom. The Kier molecular flexibility index (Phi) is 5.67. The second-order valence-electron chi connectivity index (χ2n) is 6.77. The second kappa shape index (κ2) is 8.41. The molecule has 7 nitrogen and oxygen atoms in total. The maximum absolute atomic E-state index is 12.9. The molecule has 0 radical (unpaired) electrons. The molecule has 4 aromatic rings. The highest BCUT2D eigenvalue weighted by molar-refractivity contribution is 7.91. The van der Waals surface area contributed by atoms with Crippen LogP contribution in [0.3, 0.4) is 0 Å². The van der Waals surface area contributed by atoms with E-state index in [2.05, 4.69) is 15.3 Å². The number of ether oxygens (including phenoxy) is 1. The average molecular weight is 456 g/mol. The molecule has 2 N–H and O–H groups in total. The number of halogens is 1. The smallest absolute Gasteiger partial charge is 0.267 e. The minimum atomic E-state index is -3.79. The molecular weight excluding hydrogens is 438 g/mol. The molecule has 2 heterocycles. The summed E-state index contributed by atoms with van der Waals surface area (Å²) in [6, 6.07) is 14.2. The van der Waals surface area contributed by atoms with E-state index >= 15 is 0 Å². The highest BCUT2D eigenvalue weighted by Crippen LogP contribution is 2.30. The number of nitrogens with zero attached hydrogens (tertiary/aromatic N) is 1. The van der Waals surface area contributed by atoms with Crippen LogP contribution in [-0.2, 0) is 16.4 Å². The number of aromatic nitrogens is 2. The number of aromatic amines is 1. The maximum Gasteiger partial charge on any atom is 0.267 e. The molecule has 2 aromatic carbocycles. The lowest BCUT2D eigenvalue weighted by Gasteiger charge is -2.09. The van der Waals surface area contributed by atoms with E-state index in [0.717, 1.165) is 16.5 Å². The number of benzene rings is 2. The van der Waals surface area contributed by atoms with Crippen molar-refractivity contribution in [2.75, 3.05) is 7.11 Å². The Labute approximate surface area is 184 Å². The molecular formula is C22H18ClN3O4S. The molecule has 0 unspecified atom stereocenters. The van der Waals surface area contributed by atoms with Crippen molar-refractivity contribution in [1.29, 1.82) is 0 Å². The predicted molar refractivity (Wildman–Crippen MR) is 117 cm³/mol. The average Bonchev–Trinajstić information content (AvgIpc) is 3.22. The third kappa shape index (κ3) is 4.26. The first-order valence-electron chi connectivity index (χ1n) is 9.27. The van der Waals surface area contributed by atoms with Crippen LogP contribution in [0.2, 0.25) is 5.02 Å². The van der Waals surface area contributed by atoms with Crippen LogP contribution in [0.1, 0.15) is 16.1 Å². The van der Waals surface area contributed by atoms with E-state index in [4.69, 9.17) is 16.3 Å². The molecule has 2 aromatic heterocycles. The molecule has 0 aliphatic carbocycles. The molecule has 0 aliphatic rings. The molecule has 0 fully saturated rings. The van der Waals surface area contributed by atoms with Gasteiger partial charge in [-0.1, -0.05) is 23.7 Å². The van der Waals surface area contributed by atoms with Gasteiger partial charge in [-0.3, -0.25) is 9.78 Å². The van der Waals surface area contributed by atoms with Gasteiger partial charge in [0.2, 0.25) is 9.84 Å². The minimum absolute atomic E-state index is 0.00400. The van der Waals surface area contributed by atoms with Gasteiger partial charge in [0, 0.05) is 35.9 Å². The van der Waals surface area contributed by atoms with Gasteiger partial charge in [0.05, 0.1) is 21.9 Å². The van der Waals surface area contributed by atoms with Gasteiger partial charge in [-0.25, -0.2) is 8.42 Å². The van der Waals surface area contributed by atoms with Crippen molar-refractivity contribution < 1.29 is 17.9 Å². The number of carbonyl (C=O) groups is 1. The van der Waals surface area contributed by atoms with E-state index in [9.17, 15) is 13.2 Å². The first-order chi connectivity index (χ1) is 14.9. The van der Waals surface area contributed by atoms with Crippen molar-refractivity contribution in [2.45, 2.75) is 16.3 Å². The number of hydrogen-bond acceptors (Lipinski definition) is 5. The van der Waals surface area contributed by atoms with Gasteiger partial charge in [0.15, 0.2) is 0 Å². The van der Waals surface area contributed by atoms with E-state index in [1.54, 1.807) is 42.7 Å². The number of hydrogen-bond donors (Lipinski definition) is 2. The zero-order valence-corrected chi connectivity index (χ0v) is 18.0. The van der Waals surface area contributed by atoms with Gasteiger partial charge >= 0.3 is 0 Å². The normalized spacial score (nSPS) is 11.4. The molecule has 0 saturated heterocycles. The van der Waals surface area contributed by atoms with Gasteiger partial charge < -0.3 is 15.0 Å². The van der Waals surface area contributed by atoms with Gasteiger partial charge in [0.25, 0.3) is 5.91 Å². The van der Waals surface area contributed by atoms with Crippen molar-refractivity contribution in [2.24, 2.45) is 0 Å². The van der Waals surface area contributed by atoms with Crippen LogP contribution in [0, 0.1) is 0 Å². The number of fused-ring (bicyclic) bond motifs is 1. The molecule has 158 valence electrons. The van der Waals surface area contributed by atoms with E-state index in [-0.39, 0.29) is 27.3 Å². The molecule has 0 spiro atoms.